The minimum Gasteiger partial charge on any atom is -0.497 e. The van der Waals surface area contributed by atoms with Gasteiger partial charge >= 0.3 is 0 Å². The van der Waals surface area contributed by atoms with E-state index in [0.717, 1.165) is 10.4 Å². The monoisotopic (exact) mass is 453 g/mol. The van der Waals surface area contributed by atoms with E-state index in [4.69, 9.17) is 4.74 Å². The number of carbonyl (C=O) groups excluding carboxylic acids is 1. The van der Waals surface area contributed by atoms with Crippen molar-refractivity contribution < 1.29 is 17.9 Å². The largest absolute Gasteiger partial charge is 0.497 e. The Bertz CT molecular complexity index is 1260. The van der Waals surface area contributed by atoms with Crippen LogP contribution in [0.1, 0.15) is 26.4 Å². The van der Waals surface area contributed by atoms with E-state index in [0.29, 0.717) is 28.3 Å². The molecule has 0 spiro atoms. The standard InChI is InChI=1S/C22H19N3O4S2/c1-29-16-7-9-17(10-8-16)31(27,28)25-12-11-18-19(13-23)22(30-20(18)14-25)24-21(26)15-5-3-2-4-6-15/h2-10H,11-12,14H2,1H3,(H,24,26). The number of anilines is 1. The van der Waals surface area contributed by atoms with Gasteiger partial charge in [-0.05, 0) is 48.4 Å². The van der Waals surface area contributed by atoms with Gasteiger partial charge in [0.15, 0.2) is 0 Å². The number of methoxy groups -OCH3 is 1. The summed E-state index contributed by atoms with van der Waals surface area (Å²) in [6.45, 7) is 0.420. The third-order valence-corrected chi connectivity index (χ3v) is 8.09. The van der Waals surface area contributed by atoms with E-state index in [9.17, 15) is 18.5 Å². The van der Waals surface area contributed by atoms with Crippen LogP contribution >= 0.6 is 11.3 Å². The predicted molar refractivity (Wildman–Crippen MR) is 118 cm³/mol. The molecule has 1 aliphatic rings. The van der Waals surface area contributed by atoms with E-state index >= 15 is 0 Å². The summed E-state index contributed by atoms with van der Waals surface area (Å²) in [5.74, 6) is 0.272. The van der Waals surface area contributed by atoms with Crippen molar-refractivity contribution in [2.45, 2.75) is 17.9 Å². The molecule has 2 aromatic carbocycles. The molecule has 3 aromatic rings. The molecular weight excluding hydrogens is 434 g/mol. The number of rotatable bonds is 5. The fourth-order valence-electron chi connectivity index (χ4n) is 3.45. The molecule has 0 unspecified atom stereocenters. The van der Waals surface area contributed by atoms with Crippen LogP contribution in [0.4, 0.5) is 5.00 Å². The van der Waals surface area contributed by atoms with Gasteiger partial charge in [-0.15, -0.1) is 11.3 Å². The summed E-state index contributed by atoms with van der Waals surface area (Å²) >= 11 is 1.25. The highest BCUT2D eigenvalue weighted by Gasteiger charge is 2.32. The zero-order valence-corrected chi connectivity index (χ0v) is 18.3. The molecule has 0 saturated heterocycles. The predicted octanol–water partition coefficient (Wildman–Crippen LogP) is 3.63. The van der Waals surface area contributed by atoms with Gasteiger partial charge in [0.1, 0.15) is 16.8 Å². The van der Waals surface area contributed by atoms with Crippen molar-refractivity contribution in [2.24, 2.45) is 0 Å². The minimum absolute atomic E-state index is 0.157. The first-order valence-corrected chi connectivity index (χ1v) is 11.7. The highest BCUT2D eigenvalue weighted by Crippen LogP contribution is 2.38. The van der Waals surface area contributed by atoms with Crippen LogP contribution in [-0.2, 0) is 23.0 Å². The van der Waals surface area contributed by atoms with Crippen LogP contribution in [0, 0.1) is 11.3 Å². The topological polar surface area (TPSA) is 99.5 Å². The van der Waals surface area contributed by atoms with Crippen molar-refractivity contribution in [1.82, 2.24) is 4.31 Å². The number of sulfonamides is 1. The Kier molecular flexibility index (Phi) is 5.78. The lowest BCUT2D eigenvalue weighted by Crippen LogP contribution is -2.35. The number of hydrogen-bond acceptors (Lipinski definition) is 6. The average Bonchev–Trinajstić information content (AvgIpc) is 3.15. The van der Waals surface area contributed by atoms with Crippen LogP contribution in [0.3, 0.4) is 0 Å². The first-order chi connectivity index (χ1) is 14.9. The van der Waals surface area contributed by atoms with Crippen molar-refractivity contribution >= 4 is 32.3 Å². The molecule has 0 atom stereocenters. The molecule has 4 rings (SSSR count). The van der Waals surface area contributed by atoms with Gasteiger partial charge in [0.05, 0.1) is 17.6 Å². The average molecular weight is 454 g/mol. The number of amides is 1. The van der Waals surface area contributed by atoms with Crippen LogP contribution in [0.2, 0.25) is 0 Å². The summed E-state index contributed by atoms with van der Waals surface area (Å²) in [4.78, 5) is 13.5. The van der Waals surface area contributed by atoms with Crippen LogP contribution in [0.25, 0.3) is 0 Å². The van der Waals surface area contributed by atoms with Gasteiger partial charge in [-0.25, -0.2) is 8.42 Å². The van der Waals surface area contributed by atoms with E-state index in [2.05, 4.69) is 11.4 Å². The number of ether oxygens (including phenoxy) is 1. The Labute approximate surface area is 184 Å². The van der Waals surface area contributed by atoms with Gasteiger partial charge in [-0.1, -0.05) is 18.2 Å². The molecule has 0 aliphatic carbocycles. The van der Waals surface area contributed by atoms with Crippen molar-refractivity contribution in [1.29, 1.82) is 5.26 Å². The second-order valence-corrected chi connectivity index (χ2v) is 9.95. The van der Waals surface area contributed by atoms with Gasteiger partial charge in [0.25, 0.3) is 5.91 Å². The summed E-state index contributed by atoms with van der Waals surface area (Å²) in [5.41, 5.74) is 1.70. The number of fused-ring (bicyclic) bond motifs is 1. The first kappa shape index (κ1) is 21.1. The molecule has 158 valence electrons. The lowest BCUT2D eigenvalue weighted by Gasteiger charge is -2.26. The van der Waals surface area contributed by atoms with E-state index in [1.165, 1.54) is 34.9 Å². The Morgan fingerprint density at radius 1 is 1.16 bits per heavy atom. The summed E-state index contributed by atoms with van der Waals surface area (Å²) < 4.78 is 32.6. The molecule has 1 aromatic heterocycles. The first-order valence-electron chi connectivity index (χ1n) is 9.49. The van der Waals surface area contributed by atoms with E-state index < -0.39 is 10.0 Å². The number of nitrogens with zero attached hydrogens (tertiary/aromatic N) is 2. The van der Waals surface area contributed by atoms with E-state index in [-0.39, 0.29) is 23.9 Å². The highest BCUT2D eigenvalue weighted by molar-refractivity contribution is 7.89. The molecule has 2 heterocycles. The number of carbonyl (C=O) groups is 1. The van der Waals surface area contributed by atoms with E-state index in [1.54, 1.807) is 36.4 Å². The maximum atomic E-state index is 13.1. The number of benzene rings is 2. The quantitative estimate of drug-likeness (QED) is 0.636. The third kappa shape index (κ3) is 4.05. The molecule has 1 N–H and O–H groups in total. The lowest BCUT2D eigenvalue weighted by atomic mass is 10.0. The van der Waals surface area contributed by atoms with Gasteiger partial charge < -0.3 is 10.1 Å². The lowest BCUT2D eigenvalue weighted by molar-refractivity contribution is 0.102. The molecule has 7 nitrogen and oxygen atoms in total. The number of thiophene rings is 1. The van der Waals surface area contributed by atoms with Crippen molar-refractivity contribution in [3.05, 3.63) is 76.2 Å². The van der Waals surface area contributed by atoms with Crippen LogP contribution in [0.15, 0.2) is 59.5 Å². The fraction of sp³-hybridized carbons (Fsp3) is 0.182. The van der Waals surface area contributed by atoms with Crippen molar-refractivity contribution in [2.75, 3.05) is 19.0 Å². The zero-order valence-electron chi connectivity index (χ0n) is 16.7. The molecule has 0 bridgehead atoms. The zero-order chi connectivity index (χ0) is 22.0. The van der Waals surface area contributed by atoms with E-state index in [1.807, 2.05) is 6.07 Å². The smallest absolute Gasteiger partial charge is 0.256 e. The number of nitrogens with one attached hydrogen (secondary N) is 1. The van der Waals surface area contributed by atoms with Gasteiger partial charge in [0.2, 0.25) is 10.0 Å². The van der Waals surface area contributed by atoms with Crippen molar-refractivity contribution in [3.63, 3.8) is 0 Å². The Morgan fingerprint density at radius 2 is 1.87 bits per heavy atom. The molecular formula is C22H19N3O4S2. The Balaban J connectivity index is 1.59. The molecule has 1 amide bonds. The molecule has 0 saturated carbocycles. The molecule has 9 heteroatoms. The molecule has 31 heavy (non-hydrogen) atoms. The number of nitriles is 1. The van der Waals surface area contributed by atoms with Crippen LogP contribution < -0.4 is 10.1 Å². The van der Waals surface area contributed by atoms with Gasteiger partial charge in [-0.3, -0.25) is 4.79 Å². The highest BCUT2D eigenvalue weighted by atomic mass is 32.2. The van der Waals surface area contributed by atoms with Gasteiger partial charge in [0, 0.05) is 23.5 Å². The normalized spacial score (nSPS) is 13.8. The second kappa shape index (κ2) is 8.51. The summed E-state index contributed by atoms with van der Waals surface area (Å²) in [7, 11) is -2.17. The minimum atomic E-state index is -3.69. The number of hydrogen-bond donors (Lipinski definition) is 1. The summed E-state index contributed by atoms with van der Waals surface area (Å²) in [6.07, 6.45) is 0.408. The van der Waals surface area contributed by atoms with Gasteiger partial charge in [-0.2, -0.15) is 9.57 Å². The van der Waals surface area contributed by atoms with Crippen molar-refractivity contribution in [3.8, 4) is 11.8 Å². The molecule has 0 radical (unpaired) electrons. The maximum absolute atomic E-state index is 13.1. The summed E-state index contributed by atoms with van der Waals surface area (Å²) in [5, 5.41) is 12.9. The fourth-order valence-corrected chi connectivity index (χ4v) is 6.15. The van der Waals surface area contributed by atoms with Crippen LogP contribution in [0.5, 0.6) is 5.75 Å². The SMILES string of the molecule is COc1ccc(S(=O)(=O)N2CCc3c(sc(NC(=O)c4ccccc4)c3C#N)C2)cc1. The third-order valence-electron chi connectivity index (χ3n) is 5.09. The Hall–Kier alpha value is -3.19. The molecule has 1 aliphatic heterocycles. The van der Waals surface area contributed by atoms with Crippen LogP contribution in [-0.4, -0.2) is 32.3 Å². The Morgan fingerprint density at radius 3 is 2.52 bits per heavy atom. The maximum Gasteiger partial charge on any atom is 0.256 e. The molecule has 0 fully saturated rings. The second-order valence-electron chi connectivity index (χ2n) is 6.90. The summed E-state index contributed by atoms with van der Waals surface area (Å²) in [6, 6.07) is 17.2.